The van der Waals surface area contributed by atoms with E-state index in [0.717, 1.165) is 6.54 Å². The zero-order chi connectivity index (χ0) is 12.9. The van der Waals surface area contributed by atoms with E-state index in [4.69, 9.17) is 4.74 Å². The van der Waals surface area contributed by atoms with E-state index < -0.39 is 16.9 Å². The van der Waals surface area contributed by atoms with Gasteiger partial charge in [-0.2, -0.15) is 0 Å². The third-order valence-corrected chi connectivity index (χ3v) is 4.43. The van der Waals surface area contributed by atoms with Crippen LogP contribution in [0.15, 0.2) is 0 Å². The molecule has 1 rings (SSSR count). The Morgan fingerprint density at radius 3 is 2.76 bits per heavy atom. The van der Waals surface area contributed by atoms with Gasteiger partial charge in [-0.05, 0) is 20.8 Å². The van der Waals surface area contributed by atoms with Gasteiger partial charge >= 0.3 is 0 Å². The molecule has 5 nitrogen and oxygen atoms in total. The second-order valence-electron chi connectivity index (χ2n) is 5.02. The molecule has 100 valence electrons. The number of hydrogen-bond donors (Lipinski definition) is 2. The molecule has 1 aliphatic rings. The largest absolute Gasteiger partial charge is 0.366 e. The second kappa shape index (κ2) is 6.47. The van der Waals surface area contributed by atoms with E-state index in [2.05, 4.69) is 10.6 Å². The minimum atomic E-state index is -0.930. The molecule has 0 radical (unpaired) electrons. The van der Waals surface area contributed by atoms with E-state index >= 15 is 0 Å². The molecule has 17 heavy (non-hydrogen) atoms. The van der Waals surface area contributed by atoms with E-state index in [1.165, 1.54) is 0 Å². The van der Waals surface area contributed by atoms with Crippen LogP contribution in [0.4, 0.5) is 0 Å². The zero-order valence-corrected chi connectivity index (χ0v) is 11.6. The highest BCUT2D eigenvalue weighted by molar-refractivity contribution is 7.86. The van der Waals surface area contributed by atoms with Crippen LogP contribution in [0, 0.1) is 0 Å². The van der Waals surface area contributed by atoms with Gasteiger partial charge < -0.3 is 15.4 Å². The lowest BCUT2D eigenvalue weighted by molar-refractivity contribution is -0.134. The summed E-state index contributed by atoms with van der Waals surface area (Å²) < 4.78 is 16.8. The summed E-state index contributed by atoms with van der Waals surface area (Å²) in [5, 5.41) is 5.85. The van der Waals surface area contributed by atoms with Crippen molar-refractivity contribution in [2.24, 2.45) is 0 Å². The van der Waals surface area contributed by atoms with Crippen LogP contribution < -0.4 is 10.6 Å². The van der Waals surface area contributed by atoms with Crippen molar-refractivity contribution >= 4 is 16.7 Å². The van der Waals surface area contributed by atoms with E-state index in [1.54, 1.807) is 0 Å². The first-order valence-corrected chi connectivity index (χ1v) is 7.21. The molecule has 0 spiro atoms. The summed E-state index contributed by atoms with van der Waals surface area (Å²) >= 11 is 0. The lowest BCUT2D eigenvalue weighted by Crippen LogP contribution is -2.48. The van der Waals surface area contributed by atoms with Crippen LogP contribution >= 0.6 is 0 Å². The Bertz CT molecular complexity index is 283. The molecule has 2 atom stereocenters. The predicted molar refractivity (Wildman–Crippen MR) is 68.4 cm³/mol. The maximum absolute atomic E-state index is 11.7. The molecule has 0 bridgehead atoms. The fourth-order valence-corrected chi connectivity index (χ4v) is 2.32. The number of amides is 1. The molecule has 6 heteroatoms. The van der Waals surface area contributed by atoms with Crippen LogP contribution in [-0.2, 0) is 20.3 Å². The predicted octanol–water partition coefficient (Wildman–Crippen LogP) is -0.362. The first kappa shape index (κ1) is 14.6. The number of morpholine rings is 1. The summed E-state index contributed by atoms with van der Waals surface area (Å²) in [6.45, 7) is 8.12. The molecule has 2 N–H and O–H groups in total. The van der Waals surface area contributed by atoms with Gasteiger partial charge in [0.05, 0.1) is 6.61 Å². The third-order valence-electron chi connectivity index (χ3n) is 2.49. The van der Waals surface area contributed by atoms with Gasteiger partial charge in [-0.1, -0.05) is 0 Å². The molecule has 0 aromatic heterocycles. The quantitative estimate of drug-likeness (QED) is 0.726. The van der Waals surface area contributed by atoms with Gasteiger partial charge in [0.25, 0.3) is 0 Å². The Labute approximate surface area is 105 Å². The van der Waals surface area contributed by atoms with Crippen LogP contribution in [0.25, 0.3) is 0 Å². The molecular weight excluding hydrogens is 240 g/mol. The zero-order valence-electron chi connectivity index (χ0n) is 10.7. The average molecular weight is 262 g/mol. The van der Waals surface area contributed by atoms with Crippen LogP contribution in [0.3, 0.4) is 0 Å². The highest BCUT2D eigenvalue weighted by Gasteiger charge is 2.22. The van der Waals surface area contributed by atoms with E-state index in [9.17, 15) is 9.00 Å². The summed E-state index contributed by atoms with van der Waals surface area (Å²) in [4.78, 5) is 11.7. The average Bonchev–Trinajstić information content (AvgIpc) is 2.28. The van der Waals surface area contributed by atoms with Crippen molar-refractivity contribution in [1.29, 1.82) is 0 Å². The van der Waals surface area contributed by atoms with Gasteiger partial charge in [-0.25, -0.2) is 0 Å². The molecule has 1 amide bonds. The first-order valence-electron chi connectivity index (χ1n) is 5.90. The summed E-state index contributed by atoms with van der Waals surface area (Å²) in [5.74, 6) is 0.359. The van der Waals surface area contributed by atoms with Crippen LogP contribution in [0.1, 0.15) is 20.8 Å². The second-order valence-corrected chi connectivity index (χ2v) is 7.34. The summed E-state index contributed by atoms with van der Waals surface area (Å²) in [7, 11) is -0.930. The van der Waals surface area contributed by atoms with E-state index in [0.29, 0.717) is 25.4 Å². The Balaban J connectivity index is 2.22. The normalized spacial score (nSPS) is 23.1. The highest BCUT2D eigenvalue weighted by Crippen LogP contribution is 2.10. The van der Waals surface area contributed by atoms with E-state index in [-0.39, 0.29) is 10.7 Å². The molecular formula is C11H22N2O3S. The summed E-state index contributed by atoms with van der Waals surface area (Å²) in [6.07, 6.45) is -0.410. The van der Waals surface area contributed by atoms with E-state index in [1.807, 2.05) is 20.8 Å². The lowest BCUT2D eigenvalue weighted by atomic mass is 10.3. The van der Waals surface area contributed by atoms with Crippen molar-refractivity contribution in [1.82, 2.24) is 10.6 Å². The Kier molecular flexibility index (Phi) is 5.55. The fraction of sp³-hybridized carbons (Fsp3) is 0.909. The van der Waals surface area contributed by atoms with Crippen LogP contribution in [0.2, 0.25) is 0 Å². The van der Waals surface area contributed by atoms with Gasteiger partial charge in [0, 0.05) is 40.9 Å². The highest BCUT2D eigenvalue weighted by atomic mass is 32.2. The van der Waals surface area contributed by atoms with Crippen molar-refractivity contribution in [3.8, 4) is 0 Å². The minimum Gasteiger partial charge on any atom is -0.366 e. The summed E-state index contributed by atoms with van der Waals surface area (Å²) in [6, 6.07) is 0. The number of carbonyl (C=O) groups is 1. The number of ether oxygens (including phenoxy) is 1. The number of nitrogens with one attached hydrogen (secondary N) is 2. The lowest BCUT2D eigenvalue weighted by Gasteiger charge is -2.23. The number of carbonyl (C=O) groups excluding carboxylic acids is 1. The third kappa shape index (κ3) is 5.14. The fourth-order valence-electron chi connectivity index (χ4n) is 1.42. The topological polar surface area (TPSA) is 67.4 Å². The van der Waals surface area contributed by atoms with Gasteiger partial charge in [-0.3, -0.25) is 9.00 Å². The molecule has 0 saturated carbocycles. The standard InChI is InChI=1S/C11H22N2O3S/c1-11(2,3)17(15)7-5-13-10(14)9-8-12-4-6-16-9/h9,12H,4-8H2,1-3H3,(H,13,14). The molecule has 1 aliphatic heterocycles. The van der Waals surface area contributed by atoms with Crippen molar-refractivity contribution < 1.29 is 13.7 Å². The molecule has 0 aromatic rings. The Hall–Kier alpha value is -0.460. The number of rotatable bonds is 4. The summed E-state index contributed by atoms with van der Waals surface area (Å²) in [5.41, 5.74) is 0. The molecule has 1 saturated heterocycles. The van der Waals surface area contributed by atoms with Crippen LogP contribution in [-0.4, -0.2) is 53.0 Å². The Morgan fingerprint density at radius 1 is 1.53 bits per heavy atom. The van der Waals surface area contributed by atoms with Gasteiger partial charge in [0.2, 0.25) is 5.91 Å². The molecule has 1 fully saturated rings. The maximum Gasteiger partial charge on any atom is 0.250 e. The van der Waals surface area contributed by atoms with Crippen molar-refractivity contribution in [3.05, 3.63) is 0 Å². The first-order chi connectivity index (χ1) is 7.91. The number of hydrogen-bond acceptors (Lipinski definition) is 4. The maximum atomic E-state index is 11.7. The molecule has 2 unspecified atom stereocenters. The monoisotopic (exact) mass is 262 g/mol. The van der Waals surface area contributed by atoms with Crippen LogP contribution in [0.5, 0.6) is 0 Å². The van der Waals surface area contributed by atoms with Crippen molar-refractivity contribution in [3.63, 3.8) is 0 Å². The van der Waals surface area contributed by atoms with Gasteiger partial charge in [-0.15, -0.1) is 0 Å². The smallest absolute Gasteiger partial charge is 0.250 e. The molecule has 1 heterocycles. The molecule has 0 aliphatic carbocycles. The SMILES string of the molecule is CC(C)(C)S(=O)CCNC(=O)C1CNCCO1. The molecule has 0 aromatic carbocycles. The van der Waals surface area contributed by atoms with Crippen molar-refractivity contribution in [2.75, 3.05) is 32.0 Å². The van der Waals surface area contributed by atoms with Crippen molar-refractivity contribution in [2.45, 2.75) is 31.6 Å². The minimum absolute atomic E-state index is 0.122. The Morgan fingerprint density at radius 2 is 2.24 bits per heavy atom. The van der Waals surface area contributed by atoms with Gasteiger partial charge in [0.15, 0.2) is 0 Å². The van der Waals surface area contributed by atoms with Gasteiger partial charge in [0.1, 0.15) is 6.10 Å².